The Morgan fingerprint density at radius 2 is 1.23 bits per heavy atom. The Balaban J connectivity index is 1.21. The fraction of sp³-hybridized carbons (Fsp3) is 0.0541. The van der Waals surface area contributed by atoms with E-state index in [1.54, 1.807) is 45.3 Å². The van der Waals surface area contributed by atoms with Gasteiger partial charge in [0.1, 0.15) is 10.0 Å². The number of thiophene rings is 4. The summed E-state index contributed by atoms with van der Waals surface area (Å²) in [4.78, 5) is 20.9. The van der Waals surface area contributed by atoms with Crippen molar-refractivity contribution in [1.82, 2.24) is 0 Å². The highest BCUT2D eigenvalue weighted by Crippen LogP contribution is 2.46. The number of fused-ring (bicyclic) bond motifs is 1. The summed E-state index contributed by atoms with van der Waals surface area (Å²) in [5.41, 5.74) is 4.57. The molecule has 0 aliphatic heterocycles. The lowest BCUT2D eigenvalue weighted by Gasteiger charge is -2.21. The van der Waals surface area contributed by atoms with Crippen molar-refractivity contribution in [1.29, 1.82) is 0 Å². The summed E-state index contributed by atoms with van der Waals surface area (Å²) >= 11 is 7.14. The van der Waals surface area contributed by atoms with Gasteiger partial charge >= 0.3 is 0 Å². The lowest BCUT2D eigenvalue weighted by molar-refractivity contribution is 0.103. The van der Waals surface area contributed by atoms with Crippen LogP contribution in [0.3, 0.4) is 0 Å². The van der Waals surface area contributed by atoms with Crippen LogP contribution in [-0.4, -0.2) is 5.78 Å². The number of aryl methyl sites for hydroxylation is 1. The van der Waals surface area contributed by atoms with E-state index in [9.17, 15) is 4.79 Å². The van der Waals surface area contributed by atoms with E-state index in [1.165, 1.54) is 29.5 Å². The van der Waals surface area contributed by atoms with Crippen LogP contribution < -0.4 is 4.90 Å². The second-order valence-electron chi connectivity index (χ2n) is 10.3. The molecular weight excluding hydrogens is 603 g/mol. The van der Waals surface area contributed by atoms with Crippen molar-refractivity contribution >= 4 is 83.7 Å². The molecule has 7 rings (SSSR count). The van der Waals surface area contributed by atoms with Crippen molar-refractivity contribution in [2.75, 3.05) is 4.90 Å². The van der Waals surface area contributed by atoms with E-state index in [-0.39, 0.29) is 5.78 Å². The van der Waals surface area contributed by atoms with Crippen molar-refractivity contribution in [2.45, 2.75) is 13.8 Å². The maximum atomic E-state index is 13.5. The van der Waals surface area contributed by atoms with E-state index in [2.05, 4.69) is 107 Å². The molecule has 0 atom stereocenters. The summed E-state index contributed by atoms with van der Waals surface area (Å²) in [6, 6.07) is 38.2. The van der Waals surface area contributed by atoms with Crippen molar-refractivity contribution < 1.29 is 4.79 Å². The molecule has 0 saturated heterocycles. The first kappa shape index (κ1) is 27.7. The molecule has 0 bridgehead atoms. The smallest absolute Gasteiger partial charge is 0.189 e. The number of ketones is 1. The highest BCUT2D eigenvalue weighted by molar-refractivity contribution is 7.25. The van der Waals surface area contributed by atoms with Gasteiger partial charge in [-0.1, -0.05) is 54.6 Å². The number of nitrogens with zero attached hydrogens (tertiary/aromatic N) is 1. The minimum atomic E-state index is 0.0633. The number of hydrogen-bond acceptors (Lipinski definition) is 6. The summed E-state index contributed by atoms with van der Waals surface area (Å²) in [5, 5.41) is 8.83. The molecule has 210 valence electrons. The number of carbonyl (C=O) groups is 1. The van der Waals surface area contributed by atoms with Gasteiger partial charge in [-0.15, -0.1) is 45.3 Å². The number of benzene rings is 3. The lowest BCUT2D eigenvalue weighted by atomic mass is 9.95. The average Bonchev–Trinajstić information content (AvgIpc) is 3.85. The average molecular weight is 630 g/mol. The second-order valence-corrected chi connectivity index (χ2v) is 14.3. The third kappa shape index (κ3) is 5.67. The van der Waals surface area contributed by atoms with E-state index < -0.39 is 0 Å². The topological polar surface area (TPSA) is 20.3 Å². The van der Waals surface area contributed by atoms with Gasteiger partial charge < -0.3 is 0 Å². The summed E-state index contributed by atoms with van der Waals surface area (Å²) in [5.74, 6) is 0.0633. The number of Topliss-reactive ketones (excluding diaryl/α,β-unsaturated/α-hetero) is 1. The molecule has 0 fully saturated rings. The Kier molecular flexibility index (Phi) is 7.68. The normalized spacial score (nSPS) is 11.7. The van der Waals surface area contributed by atoms with Gasteiger partial charge in [-0.3, -0.25) is 9.69 Å². The number of anilines is 3. The van der Waals surface area contributed by atoms with Crippen LogP contribution in [0.4, 0.5) is 15.7 Å². The van der Waals surface area contributed by atoms with Crippen molar-refractivity contribution in [2.24, 2.45) is 0 Å². The minimum Gasteiger partial charge on any atom is -0.293 e. The summed E-state index contributed by atoms with van der Waals surface area (Å²) in [7, 11) is 0. The molecule has 2 nitrogen and oxygen atoms in total. The van der Waals surface area contributed by atoms with E-state index in [1.807, 2.05) is 38.1 Å². The number of carbonyl (C=O) groups excluding carboxylic acids is 1. The third-order valence-corrected chi connectivity index (χ3v) is 11.7. The Morgan fingerprint density at radius 1 is 0.651 bits per heavy atom. The molecule has 0 aliphatic rings. The zero-order chi connectivity index (χ0) is 29.3. The SMILES string of the molecule is C/C(=C/c1ccc(N(c2ccc(-c3cccs3)s2)c2ccc(-c3cccs3)s2)cc1)C(=O)c1cc2ccccc2cc1C. The van der Waals surface area contributed by atoms with Crippen molar-refractivity contribution in [3.63, 3.8) is 0 Å². The number of rotatable bonds is 8. The minimum absolute atomic E-state index is 0.0633. The fourth-order valence-electron chi connectivity index (χ4n) is 5.21. The first-order valence-corrected chi connectivity index (χ1v) is 17.3. The molecular formula is C37H27NOS4. The maximum Gasteiger partial charge on any atom is 0.189 e. The number of allylic oxidation sites excluding steroid dienone is 1. The Morgan fingerprint density at radius 3 is 1.79 bits per heavy atom. The van der Waals surface area contributed by atoms with E-state index in [4.69, 9.17) is 0 Å². The molecule has 0 radical (unpaired) electrons. The van der Waals surface area contributed by atoms with Crippen LogP contribution in [0.25, 0.3) is 36.4 Å². The molecule has 0 amide bonds. The largest absolute Gasteiger partial charge is 0.293 e. The van der Waals surface area contributed by atoms with Crippen LogP contribution in [0.15, 0.2) is 126 Å². The molecule has 7 aromatic rings. The zero-order valence-electron chi connectivity index (χ0n) is 23.6. The monoisotopic (exact) mass is 629 g/mol. The van der Waals surface area contributed by atoms with Crippen LogP contribution in [0.2, 0.25) is 0 Å². The quantitative estimate of drug-likeness (QED) is 0.123. The van der Waals surface area contributed by atoms with Gasteiger partial charge in [-0.05, 0) is 113 Å². The van der Waals surface area contributed by atoms with E-state index >= 15 is 0 Å². The zero-order valence-corrected chi connectivity index (χ0v) is 26.9. The fourth-order valence-corrected chi connectivity index (χ4v) is 9.02. The number of hydrogen-bond donors (Lipinski definition) is 0. The first-order valence-electron chi connectivity index (χ1n) is 13.9. The molecule has 0 N–H and O–H groups in total. The Labute approximate surface area is 267 Å². The third-order valence-electron chi connectivity index (χ3n) is 7.38. The molecule has 0 aliphatic carbocycles. The molecule has 4 aromatic heterocycles. The summed E-state index contributed by atoms with van der Waals surface area (Å²) in [6.45, 7) is 3.92. The Hall–Kier alpha value is -4.07. The van der Waals surface area contributed by atoms with E-state index in [0.29, 0.717) is 0 Å². The summed E-state index contributed by atoms with van der Waals surface area (Å²) in [6.07, 6.45) is 1.99. The van der Waals surface area contributed by atoms with Crippen LogP contribution >= 0.6 is 45.3 Å². The standard InChI is InChI=1S/C37H27NOS4/c1-24-22-27-7-3-4-8-28(27)23-30(24)37(39)25(2)21-26-11-13-29(14-12-26)38(35-17-15-33(42-35)31-9-5-19-40-31)36-18-16-34(43-36)32-10-6-20-41-32/h3-23H,1-2H3/b25-21-. The molecule has 6 heteroatoms. The predicted octanol–water partition coefficient (Wildman–Crippen LogP) is 12.5. The maximum absolute atomic E-state index is 13.5. The van der Waals surface area contributed by atoms with E-state index in [0.717, 1.165) is 38.7 Å². The highest BCUT2D eigenvalue weighted by atomic mass is 32.1. The first-order chi connectivity index (χ1) is 21.0. The molecule has 0 spiro atoms. The van der Waals surface area contributed by atoms with Crippen LogP contribution in [0.1, 0.15) is 28.4 Å². The predicted molar refractivity (Wildman–Crippen MR) is 190 cm³/mol. The van der Waals surface area contributed by atoms with Gasteiger partial charge in [0.05, 0.1) is 0 Å². The van der Waals surface area contributed by atoms with Gasteiger partial charge in [0.15, 0.2) is 5.78 Å². The van der Waals surface area contributed by atoms with Crippen LogP contribution in [0, 0.1) is 6.92 Å². The molecule has 0 saturated carbocycles. The van der Waals surface area contributed by atoms with Crippen LogP contribution in [-0.2, 0) is 0 Å². The van der Waals surface area contributed by atoms with Crippen LogP contribution in [0.5, 0.6) is 0 Å². The van der Waals surface area contributed by atoms with Gasteiger partial charge in [-0.2, -0.15) is 0 Å². The highest BCUT2D eigenvalue weighted by Gasteiger charge is 2.19. The summed E-state index contributed by atoms with van der Waals surface area (Å²) < 4.78 is 0. The van der Waals surface area contributed by atoms with Crippen molar-refractivity contribution in [3.05, 3.63) is 142 Å². The molecule has 4 heterocycles. The Bertz CT molecular complexity index is 1990. The molecule has 3 aromatic carbocycles. The van der Waals surface area contributed by atoms with Gasteiger partial charge in [0, 0.05) is 30.8 Å². The van der Waals surface area contributed by atoms with Crippen molar-refractivity contribution in [3.8, 4) is 19.5 Å². The van der Waals surface area contributed by atoms with Gasteiger partial charge in [0.25, 0.3) is 0 Å². The second kappa shape index (κ2) is 11.9. The lowest BCUT2D eigenvalue weighted by Crippen LogP contribution is -2.06. The van der Waals surface area contributed by atoms with Gasteiger partial charge in [0.2, 0.25) is 0 Å². The van der Waals surface area contributed by atoms with Gasteiger partial charge in [-0.25, -0.2) is 0 Å². The molecule has 0 unspecified atom stereocenters. The molecule has 43 heavy (non-hydrogen) atoms.